The number of halogens is 2. The fraction of sp³-hybridized carbons (Fsp3) is 0.143. The number of nitrogens with zero attached hydrogens (tertiary/aromatic N) is 1. The average Bonchev–Trinajstić information content (AvgIpc) is 3.18. The Balaban J connectivity index is 1.55. The largest absolute Gasteiger partial charge is 0.487 e. The number of carbonyl (C=O) groups excluding carboxylic acids is 2. The lowest BCUT2D eigenvalue weighted by atomic mass is 9.80. The number of hydrogen-bond donors (Lipinski definition) is 1. The molecule has 0 aromatic heterocycles. The predicted octanol–water partition coefficient (Wildman–Crippen LogP) is 6.12. The number of fused-ring (bicyclic) bond motifs is 2. The normalized spacial score (nSPS) is 16.1. The Kier molecular flexibility index (Phi) is 7.27. The monoisotopic (exact) mass is 734 g/mol. The summed E-state index contributed by atoms with van der Waals surface area (Å²) in [5, 5.41) is 14.4. The molecule has 38 heavy (non-hydrogen) atoms. The second-order valence-corrected chi connectivity index (χ2v) is 11.1. The Morgan fingerprint density at radius 3 is 2.39 bits per heavy atom. The van der Waals surface area contributed by atoms with Gasteiger partial charge in [0.25, 0.3) is 5.69 Å². The maximum atomic E-state index is 13.6. The lowest BCUT2D eigenvalue weighted by molar-refractivity contribution is -0.384. The minimum absolute atomic E-state index is 0.000512. The molecule has 1 aliphatic carbocycles. The minimum atomic E-state index is -0.633. The number of benzene rings is 3. The second-order valence-electron chi connectivity index (χ2n) is 8.78. The molecule has 0 fully saturated rings. The van der Waals surface area contributed by atoms with Crippen molar-refractivity contribution in [2.45, 2.75) is 19.4 Å². The molecule has 0 amide bonds. The smallest absolute Gasteiger partial charge is 0.336 e. The standard InChI is InChI=1S/C28H20I2N2O6/c1-14-22(28(34)37-2)23(24-25(31-14)18-8-3-4-9-19(18)26(24)33)16-11-20(29)27(21(30)12-16)38-13-15-6-5-7-17(10-15)32(35)36/h3-12,23,31H,13H2,1-2H3/t23-/m1/s1. The Labute approximate surface area is 245 Å². The number of non-ortho nitro benzene ring substituents is 1. The molecule has 192 valence electrons. The number of ketones is 1. The summed E-state index contributed by atoms with van der Waals surface area (Å²) in [6, 6.07) is 17.5. The first-order chi connectivity index (χ1) is 18.2. The van der Waals surface area contributed by atoms with E-state index in [0.717, 1.165) is 18.3 Å². The molecule has 0 bridgehead atoms. The van der Waals surface area contributed by atoms with Crippen LogP contribution in [0, 0.1) is 17.3 Å². The van der Waals surface area contributed by atoms with E-state index in [1.54, 1.807) is 25.1 Å². The molecule has 1 heterocycles. The van der Waals surface area contributed by atoms with E-state index in [1.165, 1.54) is 19.2 Å². The van der Waals surface area contributed by atoms with Crippen LogP contribution in [0.15, 0.2) is 77.5 Å². The minimum Gasteiger partial charge on any atom is -0.487 e. The zero-order valence-electron chi connectivity index (χ0n) is 20.2. The van der Waals surface area contributed by atoms with Crippen molar-refractivity contribution in [3.8, 4) is 5.75 Å². The number of Topliss-reactive ketones (excluding diaryl/α,β-unsaturated/α-hetero) is 1. The van der Waals surface area contributed by atoms with Gasteiger partial charge in [-0.3, -0.25) is 14.9 Å². The zero-order chi connectivity index (χ0) is 27.1. The van der Waals surface area contributed by atoms with E-state index in [1.807, 2.05) is 30.3 Å². The van der Waals surface area contributed by atoms with Crippen molar-refractivity contribution in [3.05, 3.63) is 117 Å². The highest BCUT2D eigenvalue weighted by Crippen LogP contribution is 2.48. The quantitative estimate of drug-likeness (QED) is 0.141. The number of carbonyl (C=O) groups is 2. The van der Waals surface area contributed by atoms with Gasteiger partial charge < -0.3 is 14.8 Å². The number of nitro groups is 1. The van der Waals surface area contributed by atoms with Crippen molar-refractivity contribution < 1.29 is 24.0 Å². The summed E-state index contributed by atoms with van der Waals surface area (Å²) in [5.74, 6) is -0.651. The molecule has 10 heteroatoms. The van der Waals surface area contributed by atoms with Crippen molar-refractivity contribution >= 4 is 68.3 Å². The van der Waals surface area contributed by atoms with Crippen molar-refractivity contribution in [2.75, 3.05) is 7.11 Å². The van der Waals surface area contributed by atoms with Gasteiger partial charge in [-0.15, -0.1) is 0 Å². The maximum Gasteiger partial charge on any atom is 0.336 e. The van der Waals surface area contributed by atoms with E-state index >= 15 is 0 Å². The number of esters is 1. The van der Waals surface area contributed by atoms with E-state index in [9.17, 15) is 19.7 Å². The highest BCUT2D eigenvalue weighted by Gasteiger charge is 2.43. The van der Waals surface area contributed by atoms with Gasteiger partial charge in [-0.25, -0.2) is 4.79 Å². The number of methoxy groups -OCH3 is 1. The predicted molar refractivity (Wildman–Crippen MR) is 158 cm³/mol. The van der Waals surface area contributed by atoms with Gasteiger partial charge >= 0.3 is 5.97 Å². The lowest BCUT2D eigenvalue weighted by Gasteiger charge is -2.29. The molecular formula is C28H20I2N2O6. The highest BCUT2D eigenvalue weighted by atomic mass is 127. The first kappa shape index (κ1) is 26.4. The molecule has 0 saturated carbocycles. The van der Waals surface area contributed by atoms with E-state index in [-0.39, 0.29) is 18.1 Å². The summed E-state index contributed by atoms with van der Waals surface area (Å²) < 4.78 is 12.8. The Hall–Kier alpha value is -3.26. The van der Waals surface area contributed by atoms with Crippen LogP contribution in [0.2, 0.25) is 0 Å². The summed E-state index contributed by atoms with van der Waals surface area (Å²) in [5.41, 5.74) is 5.05. The molecule has 0 saturated heterocycles. The summed E-state index contributed by atoms with van der Waals surface area (Å²) in [6.07, 6.45) is 0. The number of nitrogens with one attached hydrogen (secondary N) is 1. The van der Waals surface area contributed by atoms with Crippen molar-refractivity contribution in [1.82, 2.24) is 5.32 Å². The Morgan fingerprint density at radius 2 is 1.74 bits per heavy atom. The third kappa shape index (κ3) is 4.59. The number of hydrogen-bond acceptors (Lipinski definition) is 7. The van der Waals surface area contributed by atoms with Crippen molar-refractivity contribution in [1.29, 1.82) is 0 Å². The van der Waals surface area contributed by atoms with Gasteiger partial charge in [0.1, 0.15) is 12.4 Å². The Morgan fingerprint density at radius 1 is 1.05 bits per heavy atom. The summed E-state index contributed by atoms with van der Waals surface area (Å²) in [6.45, 7) is 1.96. The highest BCUT2D eigenvalue weighted by molar-refractivity contribution is 14.1. The first-order valence-electron chi connectivity index (χ1n) is 11.5. The molecule has 0 unspecified atom stereocenters. The van der Waals surface area contributed by atoms with Crippen LogP contribution in [0.1, 0.15) is 39.9 Å². The molecule has 1 N–H and O–H groups in total. The first-order valence-corrected chi connectivity index (χ1v) is 13.7. The average molecular weight is 734 g/mol. The number of rotatable bonds is 6. The van der Waals surface area contributed by atoms with E-state index < -0.39 is 16.8 Å². The molecule has 5 rings (SSSR count). The topological polar surface area (TPSA) is 108 Å². The van der Waals surface area contributed by atoms with Gasteiger partial charge in [0.05, 0.1) is 30.4 Å². The fourth-order valence-electron chi connectivity index (χ4n) is 4.84. The van der Waals surface area contributed by atoms with Gasteiger partial charge in [0, 0.05) is 40.4 Å². The van der Waals surface area contributed by atoms with Crippen LogP contribution in [0.5, 0.6) is 5.75 Å². The summed E-state index contributed by atoms with van der Waals surface area (Å²) in [7, 11) is 1.33. The van der Waals surface area contributed by atoms with Gasteiger partial charge in [-0.05, 0) is 75.4 Å². The molecule has 8 nitrogen and oxygen atoms in total. The fourth-order valence-corrected chi connectivity index (χ4v) is 6.97. The van der Waals surface area contributed by atoms with Crippen LogP contribution in [0.4, 0.5) is 5.69 Å². The van der Waals surface area contributed by atoms with Gasteiger partial charge in [0.15, 0.2) is 5.78 Å². The molecular weight excluding hydrogens is 714 g/mol. The molecule has 1 atom stereocenters. The van der Waals surface area contributed by atoms with E-state index in [4.69, 9.17) is 9.47 Å². The number of ether oxygens (including phenoxy) is 2. The number of dihydropyridines is 1. The van der Waals surface area contributed by atoms with Crippen molar-refractivity contribution in [3.63, 3.8) is 0 Å². The van der Waals surface area contributed by atoms with Gasteiger partial charge in [0.2, 0.25) is 0 Å². The van der Waals surface area contributed by atoms with Gasteiger partial charge in [-0.1, -0.05) is 36.4 Å². The van der Waals surface area contributed by atoms with Crippen molar-refractivity contribution in [2.24, 2.45) is 0 Å². The van der Waals surface area contributed by atoms with E-state index in [0.29, 0.717) is 39.4 Å². The summed E-state index contributed by atoms with van der Waals surface area (Å²) in [4.78, 5) is 37.2. The third-order valence-electron chi connectivity index (χ3n) is 6.51. The second kappa shape index (κ2) is 10.5. The maximum absolute atomic E-state index is 13.6. The molecule has 3 aromatic rings. The summed E-state index contributed by atoms with van der Waals surface area (Å²) >= 11 is 4.33. The van der Waals surface area contributed by atoms with Crippen LogP contribution in [0.3, 0.4) is 0 Å². The SMILES string of the molecule is COC(=O)C1=C(C)NC2=C(C(=O)c3ccccc32)[C@@H]1c1cc(I)c(OCc2cccc([N+](=O)[O-])c2)c(I)c1. The number of allylic oxidation sites excluding steroid dienone is 2. The van der Waals surface area contributed by atoms with Crippen LogP contribution in [0.25, 0.3) is 5.70 Å². The van der Waals surface area contributed by atoms with E-state index in [2.05, 4.69) is 50.5 Å². The zero-order valence-corrected chi connectivity index (χ0v) is 24.5. The molecule has 2 aliphatic rings. The van der Waals surface area contributed by atoms with Crippen LogP contribution < -0.4 is 10.1 Å². The molecule has 3 aromatic carbocycles. The molecule has 0 spiro atoms. The lowest BCUT2D eigenvalue weighted by Crippen LogP contribution is -2.29. The van der Waals surface area contributed by atoms with Gasteiger partial charge in [-0.2, -0.15) is 0 Å². The number of nitro benzene ring substituents is 1. The molecule has 1 aliphatic heterocycles. The van der Waals surface area contributed by atoms with Crippen LogP contribution in [-0.4, -0.2) is 23.8 Å². The van der Waals surface area contributed by atoms with Crippen LogP contribution in [-0.2, 0) is 16.1 Å². The Bertz CT molecular complexity index is 1570. The van der Waals surface area contributed by atoms with Crippen LogP contribution >= 0.6 is 45.2 Å². The molecule has 0 radical (unpaired) electrons. The third-order valence-corrected chi connectivity index (χ3v) is 8.12.